The molecular formula is C14H20N2O2S2. The zero-order chi connectivity index (χ0) is 14.7. The van der Waals surface area contributed by atoms with E-state index in [4.69, 9.17) is 0 Å². The summed E-state index contributed by atoms with van der Waals surface area (Å²) in [4.78, 5) is 25.8. The van der Waals surface area contributed by atoms with Crippen LogP contribution in [0.4, 0.5) is 0 Å². The summed E-state index contributed by atoms with van der Waals surface area (Å²) in [7, 11) is 0. The van der Waals surface area contributed by atoms with Gasteiger partial charge < -0.3 is 10.2 Å². The Balaban J connectivity index is 2.00. The second kappa shape index (κ2) is 6.63. The average Bonchev–Trinajstić information content (AvgIpc) is 2.97. The van der Waals surface area contributed by atoms with Crippen LogP contribution in [0, 0.1) is 0 Å². The maximum atomic E-state index is 12.2. The van der Waals surface area contributed by atoms with Crippen molar-refractivity contribution in [1.29, 1.82) is 0 Å². The normalized spacial score (nSPS) is 22.6. The third-order valence-corrected chi connectivity index (χ3v) is 5.20. The van der Waals surface area contributed by atoms with Crippen LogP contribution in [-0.2, 0) is 9.59 Å². The number of carbonyl (C=O) groups excluding carboxylic acids is 2. The monoisotopic (exact) mass is 312 g/mol. The summed E-state index contributed by atoms with van der Waals surface area (Å²) >= 11 is 3.29. The number of nitrogens with one attached hydrogen (secondary N) is 1. The Morgan fingerprint density at radius 1 is 1.50 bits per heavy atom. The number of nitrogens with zero attached hydrogens (tertiary/aromatic N) is 1. The lowest BCUT2D eigenvalue weighted by atomic mass is 10.2. The minimum absolute atomic E-state index is 0.00132. The molecular weight excluding hydrogens is 292 g/mol. The minimum Gasteiger partial charge on any atom is -0.354 e. The van der Waals surface area contributed by atoms with E-state index in [2.05, 4.69) is 16.8 Å². The highest BCUT2D eigenvalue weighted by atomic mass is 32.2. The fraction of sp³-hybridized carbons (Fsp3) is 0.571. The van der Waals surface area contributed by atoms with Crippen LogP contribution in [0.3, 0.4) is 0 Å². The molecule has 1 saturated heterocycles. The van der Waals surface area contributed by atoms with Crippen LogP contribution in [0.15, 0.2) is 16.8 Å². The van der Waals surface area contributed by atoms with Crippen molar-refractivity contribution in [2.45, 2.75) is 43.9 Å². The molecule has 110 valence electrons. The first-order chi connectivity index (χ1) is 9.49. The Labute approximate surface area is 127 Å². The molecule has 2 atom stereocenters. The van der Waals surface area contributed by atoms with E-state index in [1.807, 2.05) is 31.1 Å². The molecule has 6 heteroatoms. The van der Waals surface area contributed by atoms with Gasteiger partial charge in [-0.25, -0.2) is 0 Å². The average molecular weight is 312 g/mol. The topological polar surface area (TPSA) is 49.4 Å². The van der Waals surface area contributed by atoms with E-state index in [0.29, 0.717) is 13.0 Å². The summed E-state index contributed by atoms with van der Waals surface area (Å²) in [5, 5.41) is 6.97. The maximum Gasteiger partial charge on any atom is 0.236 e. The highest BCUT2D eigenvalue weighted by Gasteiger charge is 2.38. The SMILES string of the molecule is CC(C)NC(=O)CCN1C(=O)[C@H](C)S[C@@H]1c1ccsc1. The van der Waals surface area contributed by atoms with E-state index in [9.17, 15) is 9.59 Å². The second-order valence-corrected chi connectivity index (χ2v) is 7.40. The van der Waals surface area contributed by atoms with Crippen molar-refractivity contribution in [3.63, 3.8) is 0 Å². The van der Waals surface area contributed by atoms with Crippen molar-refractivity contribution in [2.75, 3.05) is 6.54 Å². The molecule has 0 unspecified atom stereocenters. The summed E-state index contributed by atoms with van der Waals surface area (Å²) < 4.78 is 0. The minimum atomic E-state index is -0.0342. The van der Waals surface area contributed by atoms with Gasteiger partial charge in [0.05, 0.1) is 5.25 Å². The van der Waals surface area contributed by atoms with Gasteiger partial charge in [-0.3, -0.25) is 9.59 Å². The number of rotatable bonds is 5. The molecule has 1 aromatic rings. The van der Waals surface area contributed by atoms with Gasteiger partial charge in [0.1, 0.15) is 5.37 Å². The number of hydrogen-bond donors (Lipinski definition) is 1. The Morgan fingerprint density at radius 3 is 2.85 bits per heavy atom. The van der Waals surface area contributed by atoms with Crippen molar-refractivity contribution >= 4 is 34.9 Å². The predicted molar refractivity (Wildman–Crippen MR) is 83.7 cm³/mol. The predicted octanol–water partition coefficient (Wildman–Crippen LogP) is 2.63. The van der Waals surface area contributed by atoms with Gasteiger partial charge in [0, 0.05) is 19.0 Å². The second-order valence-electron chi connectivity index (χ2n) is 5.19. The largest absolute Gasteiger partial charge is 0.354 e. The summed E-state index contributed by atoms with van der Waals surface area (Å²) in [5.41, 5.74) is 1.15. The summed E-state index contributed by atoms with van der Waals surface area (Å²) in [6, 6.07) is 2.19. The van der Waals surface area contributed by atoms with Crippen molar-refractivity contribution in [1.82, 2.24) is 10.2 Å². The van der Waals surface area contributed by atoms with Crippen LogP contribution >= 0.6 is 23.1 Å². The lowest BCUT2D eigenvalue weighted by Gasteiger charge is -2.23. The number of thiophene rings is 1. The van der Waals surface area contributed by atoms with E-state index < -0.39 is 0 Å². The molecule has 0 radical (unpaired) electrons. The highest BCUT2D eigenvalue weighted by Crippen LogP contribution is 2.43. The third-order valence-electron chi connectivity index (χ3n) is 3.10. The zero-order valence-electron chi connectivity index (χ0n) is 12.0. The summed E-state index contributed by atoms with van der Waals surface area (Å²) in [6.07, 6.45) is 0.359. The van der Waals surface area contributed by atoms with Crippen LogP contribution in [0.5, 0.6) is 0 Å². The molecule has 0 spiro atoms. The maximum absolute atomic E-state index is 12.2. The van der Waals surface area contributed by atoms with Gasteiger partial charge in [-0.1, -0.05) is 0 Å². The van der Waals surface area contributed by atoms with E-state index in [1.165, 1.54) is 0 Å². The molecule has 0 aliphatic carbocycles. The molecule has 0 saturated carbocycles. The fourth-order valence-corrected chi connectivity index (χ4v) is 4.26. The van der Waals surface area contributed by atoms with E-state index in [-0.39, 0.29) is 28.5 Å². The lowest BCUT2D eigenvalue weighted by molar-refractivity contribution is -0.130. The van der Waals surface area contributed by atoms with Gasteiger partial charge in [0.2, 0.25) is 11.8 Å². The molecule has 1 fully saturated rings. The van der Waals surface area contributed by atoms with Crippen LogP contribution in [-0.4, -0.2) is 34.6 Å². The van der Waals surface area contributed by atoms with Crippen LogP contribution in [0.25, 0.3) is 0 Å². The van der Waals surface area contributed by atoms with E-state index in [0.717, 1.165) is 5.56 Å². The van der Waals surface area contributed by atoms with Crippen molar-refractivity contribution in [2.24, 2.45) is 0 Å². The first-order valence-corrected chi connectivity index (χ1v) is 8.65. The summed E-state index contributed by atoms with van der Waals surface area (Å²) in [6.45, 7) is 6.28. The molecule has 1 N–H and O–H groups in total. The van der Waals surface area contributed by atoms with Crippen molar-refractivity contribution in [3.8, 4) is 0 Å². The zero-order valence-corrected chi connectivity index (χ0v) is 13.6. The number of hydrogen-bond acceptors (Lipinski definition) is 4. The smallest absolute Gasteiger partial charge is 0.236 e. The number of carbonyl (C=O) groups is 2. The third kappa shape index (κ3) is 3.55. The first kappa shape index (κ1) is 15.4. The Morgan fingerprint density at radius 2 is 2.25 bits per heavy atom. The summed E-state index contributed by atoms with van der Waals surface area (Å²) in [5.74, 6) is 0.130. The Kier molecular flexibility index (Phi) is 5.10. The van der Waals surface area contributed by atoms with Gasteiger partial charge >= 0.3 is 0 Å². The Bertz CT molecular complexity index is 474. The van der Waals surface area contributed by atoms with Gasteiger partial charge in [-0.2, -0.15) is 11.3 Å². The van der Waals surface area contributed by atoms with E-state index >= 15 is 0 Å². The molecule has 1 aliphatic heterocycles. The molecule has 2 rings (SSSR count). The van der Waals surface area contributed by atoms with Crippen molar-refractivity contribution in [3.05, 3.63) is 22.4 Å². The number of amides is 2. The molecule has 4 nitrogen and oxygen atoms in total. The molecule has 1 aliphatic rings. The molecule has 1 aromatic heterocycles. The lowest BCUT2D eigenvalue weighted by Crippen LogP contribution is -2.36. The molecule has 0 bridgehead atoms. The Hall–Kier alpha value is -1.01. The van der Waals surface area contributed by atoms with Crippen LogP contribution in [0.2, 0.25) is 0 Å². The molecule has 0 aromatic carbocycles. The quantitative estimate of drug-likeness (QED) is 0.909. The van der Waals surface area contributed by atoms with Gasteiger partial charge in [0.25, 0.3) is 0 Å². The van der Waals surface area contributed by atoms with E-state index in [1.54, 1.807) is 23.1 Å². The number of thioether (sulfide) groups is 1. The van der Waals surface area contributed by atoms with Crippen LogP contribution in [0.1, 0.15) is 38.1 Å². The van der Waals surface area contributed by atoms with Gasteiger partial charge in [0.15, 0.2) is 0 Å². The standard InChI is InChI=1S/C14H20N2O2S2/c1-9(2)15-12(17)4-6-16-13(18)10(3)20-14(16)11-5-7-19-8-11/h5,7-10,14H,4,6H2,1-3H3,(H,15,17)/t10-,14+/m0/s1. The van der Waals surface area contributed by atoms with Crippen molar-refractivity contribution < 1.29 is 9.59 Å². The highest BCUT2D eigenvalue weighted by molar-refractivity contribution is 8.01. The van der Waals surface area contributed by atoms with Crippen LogP contribution < -0.4 is 5.32 Å². The molecule has 2 amide bonds. The fourth-order valence-electron chi connectivity index (χ4n) is 2.19. The first-order valence-electron chi connectivity index (χ1n) is 6.76. The molecule has 2 heterocycles. The van der Waals surface area contributed by atoms with Gasteiger partial charge in [-0.15, -0.1) is 11.8 Å². The molecule has 20 heavy (non-hydrogen) atoms. The van der Waals surface area contributed by atoms with Gasteiger partial charge in [-0.05, 0) is 43.2 Å².